The van der Waals surface area contributed by atoms with Crippen LogP contribution in [0.25, 0.3) is 0 Å². The zero-order chi connectivity index (χ0) is 11.8. The van der Waals surface area contributed by atoms with Gasteiger partial charge in [-0.2, -0.15) is 0 Å². The molecule has 86 valence electrons. The predicted molar refractivity (Wildman–Crippen MR) is 57.2 cm³/mol. The number of carbonyl (C=O) groups excluding carboxylic acids is 1. The molecular weight excluding hydrogens is 196 g/mol. The van der Waals surface area contributed by atoms with E-state index in [1.165, 1.54) is 0 Å². The summed E-state index contributed by atoms with van der Waals surface area (Å²) in [5, 5.41) is 17.9. The highest BCUT2D eigenvalue weighted by atomic mass is 16.5. The van der Waals surface area contributed by atoms with Gasteiger partial charge in [0.05, 0.1) is 19.3 Å². The third-order valence-electron chi connectivity index (χ3n) is 1.89. The minimum absolute atomic E-state index is 0.325. The minimum atomic E-state index is -0.878. The second-order valence-electron chi connectivity index (χ2n) is 3.18. The number of hydrogen-bond acceptors (Lipinski definition) is 4. The average Bonchev–Trinajstić information content (AvgIpc) is 2.24. The van der Waals surface area contributed by atoms with Gasteiger partial charge in [-0.25, -0.2) is 4.79 Å². The molecule has 0 aliphatic heterocycles. The molecule has 2 N–H and O–H groups in total. The fourth-order valence-electron chi connectivity index (χ4n) is 0.824. The molecular formula is C11H18O4. The summed E-state index contributed by atoms with van der Waals surface area (Å²) in [6.45, 7) is 5.06. The molecule has 0 aliphatic carbocycles. The van der Waals surface area contributed by atoms with Gasteiger partial charge in [-0.3, -0.25) is 0 Å². The molecule has 0 saturated heterocycles. The molecule has 4 heteroatoms. The van der Waals surface area contributed by atoms with Crippen LogP contribution in [0.1, 0.15) is 20.8 Å². The highest BCUT2D eigenvalue weighted by molar-refractivity contribution is 5.88. The summed E-state index contributed by atoms with van der Waals surface area (Å²) in [4.78, 5) is 11.2. The third-order valence-corrected chi connectivity index (χ3v) is 1.89. The number of hydrogen-bond donors (Lipinski definition) is 2. The lowest BCUT2D eigenvalue weighted by Crippen LogP contribution is -2.13. The average molecular weight is 214 g/mol. The van der Waals surface area contributed by atoms with E-state index in [4.69, 9.17) is 9.84 Å². The van der Waals surface area contributed by atoms with Crippen LogP contribution < -0.4 is 0 Å². The van der Waals surface area contributed by atoms with Gasteiger partial charge in [0.25, 0.3) is 0 Å². The van der Waals surface area contributed by atoms with Crippen LogP contribution in [0.4, 0.5) is 0 Å². The van der Waals surface area contributed by atoms with Gasteiger partial charge in [-0.1, -0.05) is 12.2 Å². The monoisotopic (exact) mass is 214 g/mol. The van der Waals surface area contributed by atoms with Crippen molar-refractivity contribution in [3.05, 3.63) is 23.3 Å². The second kappa shape index (κ2) is 7.20. The number of carbonyl (C=O) groups is 1. The first-order valence-electron chi connectivity index (χ1n) is 4.84. The van der Waals surface area contributed by atoms with E-state index in [-0.39, 0.29) is 12.6 Å². The SMILES string of the molecule is CCOC(=O)/C(C)=C/C=C(/C)[C@H](O)CO. The van der Waals surface area contributed by atoms with Gasteiger partial charge in [0, 0.05) is 5.57 Å². The second-order valence-corrected chi connectivity index (χ2v) is 3.18. The van der Waals surface area contributed by atoms with Crippen molar-refractivity contribution in [1.82, 2.24) is 0 Å². The van der Waals surface area contributed by atoms with Gasteiger partial charge < -0.3 is 14.9 Å². The van der Waals surface area contributed by atoms with E-state index in [1.807, 2.05) is 0 Å². The van der Waals surface area contributed by atoms with Crippen molar-refractivity contribution in [2.24, 2.45) is 0 Å². The van der Waals surface area contributed by atoms with E-state index in [1.54, 1.807) is 32.9 Å². The van der Waals surface area contributed by atoms with Crippen LogP contribution in [-0.4, -0.2) is 35.5 Å². The molecule has 0 fully saturated rings. The summed E-state index contributed by atoms with van der Waals surface area (Å²) in [5.74, 6) is -0.375. The van der Waals surface area contributed by atoms with Gasteiger partial charge in [0.2, 0.25) is 0 Å². The summed E-state index contributed by atoms with van der Waals surface area (Å²) in [5.41, 5.74) is 1.06. The first-order chi connectivity index (χ1) is 7.02. The van der Waals surface area contributed by atoms with Gasteiger partial charge in [0.15, 0.2) is 0 Å². The number of aliphatic hydroxyl groups excluding tert-OH is 2. The molecule has 0 saturated carbocycles. The Morgan fingerprint density at radius 1 is 1.40 bits per heavy atom. The van der Waals surface area contributed by atoms with E-state index in [0.29, 0.717) is 17.8 Å². The normalized spacial score (nSPS) is 15.0. The van der Waals surface area contributed by atoms with E-state index >= 15 is 0 Å². The van der Waals surface area contributed by atoms with Crippen molar-refractivity contribution in [2.75, 3.05) is 13.2 Å². The Hall–Kier alpha value is -1.13. The van der Waals surface area contributed by atoms with Gasteiger partial charge >= 0.3 is 5.97 Å². The highest BCUT2D eigenvalue weighted by Crippen LogP contribution is 2.03. The van der Waals surface area contributed by atoms with Crippen molar-refractivity contribution in [3.8, 4) is 0 Å². The first kappa shape index (κ1) is 13.9. The Balaban J connectivity index is 4.43. The van der Waals surface area contributed by atoms with Gasteiger partial charge in [0.1, 0.15) is 0 Å². The Morgan fingerprint density at radius 2 is 2.00 bits per heavy atom. The van der Waals surface area contributed by atoms with Crippen LogP contribution in [0.5, 0.6) is 0 Å². The Morgan fingerprint density at radius 3 is 2.47 bits per heavy atom. The Kier molecular flexibility index (Phi) is 6.66. The largest absolute Gasteiger partial charge is 0.463 e. The molecule has 0 rings (SSSR count). The molecule has 0 unspecified atom stereocenters. The van der Waals surface area contributed by atoms with Crippen LogP contribution in [-0.2, 0) is 9.53 Å². The summed E-state index contributed by atoms with van der Waals surface area (Å²) in [6.07, 6.45) is 2.27. The van der Waals surface area contributed by atoms with E-state index in [2.05, 4.69) is 0 Å². The van der Waals surface area contributed by atoms with Crippen LogP contribution in [0, 0.1) is 0 Å². The molecule has 0 aromatic heterocycles. The van der Waals surface area contributed by atoms with Gasteiger partial charge in [-0.05, 0) is 26.3 Å². The molecule has 0 amide bonds. The maximum Gasteiger partial charge on any atom is 0.333 e. The molecule has 0 spiro atoms. The van der Waals surface area contributed by atoms with Crippen molar-refractivity contribution >= 4 is 5.97 Å². The number of allylic oxidation sites excluding steroid dienone is 2. The number of ether oxygens (including phenoxy) is 1. The fourth-order valence-corrected chi connectivity index (χ4v) is 0.824. The van der Waals surface area contributed by atoms with E-state index in [0.717, 1.165) is 0 Å². The number of esters is 1. The van der Waals surface area contributed by atoms with E-state index in [9.17, 15) is 9.90 Å². The minimum Gasteiger partial charge on any atom is -0.463 e. The summed E-state index contributed by atoms with van der Waals surface area (Å²) in [6, 6.07) is 0. The fraction of sp³-hybridized carbons (Fsp3) is 0.545. The lowest BCUT2D eigenvalue weighted by Gasteiger charge is -2.06. The lowest BCUT2D eigenvalue weighted by atomic mass is 10.1. The Labute approximate surface area is 89.9 Å². The molecule has 4 nitrogen and oxygen atoms in total. The van der Waals surface area contributed by atoms with Crippen molar-refractivity contribution in [2.45, 2.75) is 26.9 Å². The van der Waals surface area contributed by atoms with Crippen LogP contribution >= 0.6 is 0 Å². The van der Waals surface area contributed by atoms with E-state index < -0.39 is 6.10 Å². The van der Waals surface area contributed by atoms with Crippen molar-refractivity contribution < 1.29 is 19.7 Å². The third kappa shape index (κ3) is 5.34. The quantitative estimate of drug-likeness (QED) is 0.403. The molecule has 0 radical (unpaired) electrons. The molecule has 15 heavy (non-hydrogen) atoms. The van der Waals surface area contributed by atoms with Gasteiger partial charge in [-0.15, -0.1) is 0 Å². The molecule has 0 aliphatic rings. The zero-order valence-electron chi connectivity index (χ0n) is 9.36. The zero-order valence-corrected chi connectivity index (χ0v) is 9.36. The Bertz CT molecular complexity index is 266. The molecule has 1 atom stereocenters. The number of rotatable bonds is 5. The molecule has 0 heterocycles. The first-order valence-corrected chi connectivity index (χ1v) is 4.84. The highest BCUT2D eigenvalue weighted by Gasteiger charge is 2.05. The van der Waals surface area contributed by atoms with Crippen molar-refractivity contribution in [3.63, 3.8) is 0 Å². The van der Waals surface area contributed by atoms with Crippen molar-refractivity contribution in [1.29, 1.82) is 0 Å². The van der Waals surface area contributed by atoms with Crippen LogP contribution in [0.3, 0.4) is 0 Å². The summed E-state index contributed by atoms with van der Waals surface area (Å²) in [7, 11) is 0. The molecule has 0 aromatic rings. The summed E-state index contributed by atoms with van der Waals surface area (Å²) >= 11 is 0. The predicted octanol–water partition coefficient (Wildman–Crippen LogP) is 0.795. The molecule has 0 aromatic carbocycles. The maximum absolute atomic E-state index is 11.2. The van der Waals surface area contributed by atoms with Crippen LogP contribution in [0.15, 0.2) is 23.3 Å². The number of aliphatic hydroxyl groups is 2. The van der Waals surface area contributed by atoms with Crippen LogP contribution in [0.2, 0.25) is 0 Å². The smallest absolute Gasteiger partial charge is 0.333 e. The lowest BCUT2D eigenvalue weighted by molar-refractivity contribution is -0.138. The maximum atomic E-state index is 11.2. The molecule has 0 bridgehead atoms. The standard InChI is InChI=1S/C11H18O4/c1-4-15-11(14)9(3)6-5-8(2)10(13)7-12/h5-6,10,12-13H,4,7H2,1-3H3/b8-5-,9-6+/t10-/m1/s1. The summed E-state index contributed by atoms with van der Waals surface area (Å²) < 4.78 is 4.77. The topological polar surface area (TPSA) is 66.8 Å².